The molecule has 0 aliphatic carbocycles. The molecular weight excluding hydrogens is 282 g/mol. The predicted octanol–water partition coefficient (Wildman–Crippen LogP) is 0.466. The van der Waals surface area contributed by atoms with Crippen LogP contribution < -0.4 is 5.56 Å². The zero-order valence-electron chi connectivity index (χ0n) is 11.5. The molecule has 1 aromatic rings. The van der Waals surface area contributed by atoms with Crippen molar-refractivity contribution in [3.05, 3.63) is 38.3 Å². The van der Waals surface area contributed by atoms with Crippen molar-refractivity contribution in [2.75, 3.05) is 13.1 Å². The van der Waals surface area contributed by atoms with Crippen LogP contribution in [0.4, 0.5) is 5.69 Å². The number of carboxylic acid groups (broad SMARTS) is 1. The lowest BCUT2D eigenvalue weighted by Gasteiger charge is -2.22. The summed E-state index contributed by atoms with van der Waals surface area (Å²) in [6, 6.07) is 0.844. The number of H-pyrrole nitrogens is 1. The van der Waals surface area contributed by atoms with Crippen LogP contribution in [0.2, 0.25) is 0 Å². The lowest BCUT2D eigenvalue weighted by Crippen LogP contribution is -2.40. The molecule has 114 valence electrons. The van der Waals surface area contributed by atoms with E-state index >= 15 is 0 Å². The minimum atomic E-state index is -1.23. The molecular formula is C12H15N3O6. The summed E-state index contributed by atoms with van der Waals surface area (Å²) in [6.45, 7) is 3.09. The van der Waals surface area contributed by atoms with Crippen molar-refractivity contribution in [1.29, 1.82) is 0 Å². The van der Waals surface area contributed by atoms with Crippen LogP contribution in [0.15, 0.2) is 17.1 Å². The van der Waals surface area contributed by atoms with E-state index in [1.807, 2.05) is 0 Å². The Balaban J connectivity index is 3.19. The molecule has 0 unspecified atom stereocenters. The summed E-state index contributed by atoms with van der Waals surface area (Å²) in [7, 11) is 0. The number of nitrogens with zero attached hydrogens (tertiary/aromatic N) is 2. The molecule has 21 heavy (non-hydrogen) atoms. The first-order valence-electron chi connectivity index (χ1n) is 6.10. The zero-order valence-corrected chi connectivity index (χ0v) is 11.5. The van der Waals surface area contributed by atoms with Crippen molar-refractivity contribution in [3.63, 3.8) is 0 Å². The third-order valence-corrected chi connectivity index (χ3v) is 2.53. The molecule has 0 aliphatic heterocycles. The van der Waals surface area contributed by atoms with Crippen LogP contribution in [-0.4, -0.2) is 44.9 Å². The first-order chi connectivity index (χ1) is 9.72. The van der Waals surface area contributed by atoms with Gasteiger partial charge in [0, 0.05) is 12.6 Å². The number of hydrogen-bond donors (Lipinski definition) is 2. The van der Waals surface area contributed by atoms with Gasteiger partial charge in [-0.15, -0.1) is 0 Å². The second kappa shape index (κ2) is 6.64. The molecule has 1 heterocycles. The van der Waals surface area contributed by atoms with Crippen molar-refractivity contribution >= 4 is 17.6 Å². The van der Waals surface area contributed by atoms with Gasteiger partial charge in [-0.3, -0.25) is 24.5 Å². The number of hydrogen-bond acceptors (Lipinski definition) is 5. The number of carboxylic acids is 1. The smallest absolute Gasteiger partial charge is 0.323 e. The Morgan fingerprint density at radius 1 is 1.48 bits per heavy atom. The highest BCUT2D eigenvalue weighted by Gasteiger charge is 2.24. The molecule has 0 radical (unpaired) electrons. The molecule has 0 bridgehead atoms. The fourth-order valence-electron chi connectivity index (χ4n) is 1.73. The standard InChI is InChI=1S/C12H15N3O6/c1-7(2)5-14(6-10(16)17)12(19)9-3-8(15(20)21)4-13-11(9)18/h3-4,7H,5-6H2,1-2H3,(H,13,18)(H,16,17). The first kappa shape index (κ1) is 16.3. The number of aliphatic carboxylic acids is 1. The van der Waals surface area contributed by atoms with Gasteiger partial charge in [0.05, 0.1) is 11.1 Å². The quantitative estimate of drug-likeness (QED) is 0.579. The van der Waals surface area contributed by atoms with Crippen molar-refractivity contribution in [1.82, 2.24) is 9.88 Å². The maximum atomic E-state index is 12.2. The zero-order chi connectivity index (χ0) is 16.2. The topological polar surface area (TPSA) is 134 Å². The van der Waals surface area contributed by atoms with E-state index in [0.29, 0.717) is 0 Å². The van der Waals surface area contributed by atoms with Gasteiger partial charge in [0.2, 0.25) is 0 Å². The van der Waals surface area contributed by atoms with Gasteiger partial charge in [0.15, 0.2) is 0 Å². The number of rotatable bonds is 6. The van der Waals surface area contributed by atoms with Gasteiger partial charge in [0.25, 0.3) is 17.2 Å². The largest absolute Gasteiger partial charge is 0.480 e. The van der Waals surface area contributed by atoms with Crippen LogP contribution in [0, 0.1) is 16.0 Å². The number of carbonyl (C=O) groups excluding carboxylic acids is 1. The average molecular weight is 297 g/mol. The average Bonchev–Trinajstić information content (AvgIpc) is 2.36. The van der Waals surface area contributed by atoms with Gasteiger partial charge in [-0.05, 0) is 5.92 Å². The summed E-state index contributed by atoms with van der Waals surface area (Å²) in [4.78, 5) is 47.7. The summed E-state index contributed by atoms with van der Waals surface area (Å²) < 4.78 is 0. The molecule has 0 spiro atoms. The van der Waals surface area contributed by atoms with E-state index in [-0.39, 0.29) is 12.5 Å². The molecule has 0 atom stereocenters. The van der Waals surface area contributed by atoms with Gasteiger partial charge >= 0.3 is 5.97 Å². The van der Waals surface area contributed by atoms with Gasteiger partial charge in [-0.2, -0.15) is 0 Å². The molecule has 0 saturated heterocycles. The Bertz CT molecular complexity index is 622. The molecule has 9 nitrogen and oxygen atoms in total. The van der Waals surface area contributed by atoms with Crippen LogP contribution in [0.1, 0.15) is 24.2 Å². The summed E-state index contributed by atoms with van der Waals surface area (Å²) in [5.41, 5.74) is -1.70. The van der Waals surface area contributed by atoms with Crippen LogP contribution in [0.3, 0.4) is 0 Å². The molecule has 9 heteroatoms. The normalized spacial score (nSPS) is 10.4. The minimum absolute atomic E-state index is 0.0221. The van der Waals surface area contributed by atoms with Crippen LogP contribution >= 0.6 is 0 Å². The predicted molar refractivity (Wildman–Crippen MR) is 72.1 cm³/mol. The minimum Gasteiger partial charge on any atom is -0.480 e. The van der Waals surface area contributed by atoms with E-state index in [0.717, 1.165) is 17.2 Å². The second-order valence-corrected chi connectivity index (χ2v) is 4.83. The van der Waals surface area contributed by atoms with E-state index in [1.54, 1.807) is 13.8 Å². The maximum absolute atomic E-state index is 12.2. The summed E-state index contributed by atoms with van der Waals surface area (Å²) in [5, 5.41) is 19.5. The van der Waals surface area contributed by atoms with Crippen molar-refractivity contribution < 1.29 is 19.6 Å². The van der Waals surface area contributed by atoms with Gasteiger partial charge in [0.1, 0.15) is 12.1 Å². The highest BCUT2D eigenvalue weighted by Crippen LogP contribution is 2.11. The third-order valence-electron chi connectivity index (χ3n) is 2.53. The van der Waals surface area contributed by atoms with Crippen LogP contribution in [0.5, 0.6) is 0 Å². The van der Waals surface area contributed by atoms with Gasteiger partial charge in [-0.1, -0.05) is 13.8 Å². The van der Waals surface area contributed by atoms with Crippen LogP contribution in [0.25, 0.3) is 0 Å². The SMILES string of the molecule is CC(C)CN(CC(=O)O)C(=O)c1cc([N+](=O)[O-])c[nH]c1=O. The molecule has 1 rings (SSSR count). The Kier molecular flexibility index (Phi) is 5.17. The molecule has 1 amide bonds. The lowest BCUT2D eigenvalue weighted by molar-refractivity contribution is -0.385. The maximum Gasteiger partial charge on any atom is 0.323 e. The van der Waals surface area contributed by atoms with Crippen molar-refractivity contribution in [2.24, 2.45) is 5.92 Å². The number of nitrogens with one attached hydrogen (secondary N) is 1. The van der Waals surface area contributed by atoms with E-state index in [1.165, 1.54) is 0 Å². The van der Waals surface area contributed by atoms with Crippen LogP contribution in [-0.2, 0) is 4.79 Å². The third kappa shape index (κ3) is 4.41. The molecule has 0 fully saturated rings. The number of nitro groups is 1. The van der Waals surface area contributed by atoms with E-state index in [4.69, 9.17) is 5.11 Å². The fourth-order valence-corrected chi connectivity index (χ4v) is 1.73. The summed E-state index contributed by atoms with van der Waals surface area (Å²) >= 11 is 0. The van der Waals surface area contributed by atoms with Crippen molar-refractivity contribution in [3.8, 4) is 0 Å². The van der Waals surface area contributed by atoms with Gasteiger partial charge < -0.3 is 15.0 Å². The van der Waals surface area contributed by atoms with Gasteiger partial charge in [-0.25, -0.2) is 0 Å². The molecule has 0 aliphatic rings. The highest BCUT2D eigenvalue weighted by atomic mass is 16.6. The number of pyridine rings is 1. The number of amides is 1. The molecule has 1 aromatic heterocycles. The fraction of sp³-hybridized carbons (Fsp3) is 0.417. The Morgan fingerprint density at radius 2 is 2.10 bits per heavy atom. The van der Waals surface area contributed by atoms with E-state index in [2.05, 4.69) is 4.98 Å². The summed E-state index contributed by atoms with van der Waals surface area (Å²) in [6.07, 6.45) is 0.878. The number of carbonyl (C=O) groups is 2. The second-order valence-electron chi connectivity index (χ2n) is 4.83. The Labute approximate surface area is 119 Å². The first-order valence-corrected chi connectivity index (χ1v) is 6.10. The molecule has 0 saturated carbocycles. The highest BCUT2D eigenvalue weighted by molar-refractivity contribution is 5.96. The number of aromatic amines is 1. The lowest BCUT2D eigenvalue weighted by atomic mass is 10.1. The monoisotopic (exact) mass is 297 g/mol. The molecule has 2 N–H and O–H groups in total. The summed E-state index contributed by atoms with van der Waals surface area (Å²) in [5.74, 6) is -2.10. The molecule has 0 aromatic carbocycles. The van der Waals surface area contributed by atoms with Crippen molar-refractivity contribution in [2.45, 2.75) is 13.8 Å². The Hall–Kier alpha value is -2.71. The van der Waals surface area contributed by atoms with E-state index in [9.17, 15) is 24.5 Å². The Morgan fingerprint density at radius 3 is 2.57 bits per heavy atom. The number of aromatic nitrogens is 1. The van der Waals surface area contributed by atoms with E-state index < -0.39 is 40.2 Å².